The van der Waals surface area contributed by atoms with E-state index >= 15 is 0 Å². The van der Waals surface area contributed by atoms with Crippen molar-refractivity contribution in [2.75, 3.05) is 11.9 Å². The molecule has 0 radical (unpaired) electrons. The number of anilines is 1. The molecule has 1 aliphatic rings. The molecular weight excluding hydrogens is 367 g/mol. The molecule has 1 heterocycles. The molecule has 5 heteroatoms. The van der Waals surface area contributed by atoms with E-state index in [9.17, 15) is 14.0 Å². The van der Waals surface area contributed by atoms with Crippen LogP contribution in [0, 0.1) is 19.7 Å². The molecule has 1 atom stereocenters. The molecule has 1 N–H and O–H groups in total. The fraction of sp³-hybridized carbons (Fsp3) is 0.167. The number of nitrogens with zero attached hydrogens (tertiary/aromatic N) is 1. The molecule has 0 spiro atoms. The Bertz CT molecular complexity index is 1090. The van der Waals surface area contributed by atoms with Crippen molar-refractivity contribution in [3.8, 4) is 0 Å². The lowest BCUT2D eigenvalue weighted by Gasteiger charge is -2.31. The highest BCUT2D eigenvalue weighted by molar-refractivity contribution is 6.01. The second kappa shape index (κ2) is 7.51. The molecule has 2 amide bonds. The van der Waals surface area contributed by atoms with E-state index in [0.717, 1.165) is 22.3 Å². The van der Waals surface area contributed by atoms with Crippen molar-refractivity contribution in [1.29, 1.82) is 0 Å². The second-order valence-corrected chi connectivity index (χ2v) is 7.40. The van der Waals surface area contributed by atoms with Crippen molar-refractivity contribution in [3.05, 3.63) is 100 Å². The number of fused-ring (bicyclic) bond motifs is 1. The van der Waals surface area contributed by atoms with Crippen molar-refractivity contribution >= 4 is 17.5 Å². The molecule has 4 rings (SSSR count). The SMILES string of the molecule is Cc1cccc(C(=O)N2CC(=O)Nc3ccc(C)cc3[C@H]2c2ccc(F)cc2)c1. The van der Waals surface area contributed by atoms with Crippen molar-refractivity contribution in [2.24, 2.45) is 0 Å². The van der Waals surface area contributed by atoms with Crippen LogP contribution in [0.5, 0.6) is 0 Å². The van der Waals surface area contributed by atoms with E-state index in [-0.39, 0.29) is 24.2 Å². The van der Waals surface area contributed by atoms with Crippen molar-refractivity contribution in [2.45, 2.75) is 19.9 Å². The van der Waals surface area contributed by atoms with Crippen LogP contribution in [0.2, 0.25) is 0 Å². The highest BCUT2D eigenvalue weighted by atomic mass is 19.1. The summed E-state index contributed by atoms with van der Waals surface area (Å²) < 4.78 is 13.6. The van der Waals surface area contributed by atoms with Crippen LogP contribution in [0.4, 0.5) is 10.1 Å². The fourth-order valence-corrected chi connectivity index (χ4v) is 3.76. The number of hydrogen-bond acceptors (Lipinski definition) is 2. The summed E-state index contributed by atoms with van der Waals surface area (Å²) in [4.78, 5) is 27.6. The normalized spacial score (nSPS) is 16.0. The number of hydrogen-bond donors (Lipinski definition) is 1. The van der Waals surface area contributed by atoms with Gasteiger partial charge in [0, 0.05) is 16.8 Å². The predicted octanol–water partition coefficient (Wildman–Crippen LogP) is 4.63. The summed E-state index contributed by atoms with van der Waals surface area (Å²) in [5.74, 6) is -0.856. The Morgan fingerprint density at radius 3 is 2.45 bits per heavy atom. The smallest absolute Gasteiger partial charge is 0.255 e. The summed E-state index contributed by atoms with van der Waals surface area (Å²) in [6, 6.07) is 18.6. The topological polar surface area (TPSA) is 49.4 Å². The van der Waals surface area contributed by atoms with Gasteiger partial charge in [0.2, 0.25) is 5.91 Å². The number of amides is 2. The van der Waals surface area contributed by atoms with Crippen LogP contribution in [0.15, 0.2) is 66.7 Å². The third-order valence-corrected chi connectivity index (χ3v) is 5.11. The number of benzene rings is 3. The summed E-state index contributed by atoms with van der Waals surface area (Å²) in [6.45, 7) is 3.78. The Labute approximate surface area is 169 Å². The van der Waals surface area contributed by atoms with Gasteiger partial charge in [-0.15, -0.1) is 0 Å². The van der Waals surface area contributed by atoms with Gasteiger partial charge in [-0.25, -0.2) is 4.39 Å². The summed E-state index contributed by atoms with van der Waals surface area (Å²) in [7, 11) is 0. The van der Waals surface area contributed by atoms with E-state index in [1.165, 1.54) is 12.1 Å². The van der Waals surface area contributed by atoms with E-state index in [0.29, 0.717) is 11.3 Å². The first-order valence-electron chi connectivity index (χ1n) is 9.46. The average molecular weight is 388 g/mol. The summed E-state index contributed by atoms with van der Waals surface area (Å²) in [5.41, 5.74) is 4.70. The van der Waals surface area contributed by atoms with Gasteiger partial charge in [-0.1, -0.05) is 47.5 Å². The monoisotopic (exact) mass is 388 g/mol. The van der Waals surface area contributed by atoms with E-state index in [1.807, 2.05) is 50.2 Å². The molecule has 0 saturated carbocycles. The molecule has 4 nitrogen and oxygen atoms in total. The summed E-state index contributed by atoms with van der Waals surface area (Å²) in [5, 5.41) is 2.90. The van der Waals surface area contributed by atoms with Crippen molar-refractivity contribution in [3.63, 3.8) is 0 Å². The van der Waals surface area contributed by atoms with Crippen LogP contribution in [-0.4, -0.2) is 23.3 Å². The van der Waals surface area contributed by atoms with Crippen LogP contribution in [0.3, 0.4) is 0 Å². The number of rotatable bonds is 2. The lowest BCUT2D eigenvalue weighted by Crippen LogP contribution is -2.39. The van der Waals surface area contributed by atoms with Gasteiger partial charge < -0.3 is 10.2 Å². The molecule has 0 aromatic heterocycles. The molecule has 0 bridgehead atoms. The van der Waals surface area contributed by atoms with Crippen LogP contribution < -0.4 is 5.32 Å². The van der Waals surface area contributed by atoms with Gasteiger partial charge in [0.15, 0.2) is 0 Å². The maximum atomic E-state index is 13.6. The highest BCUT2D eigenvalue weighted by Gasteiger charge is 2.34. The maximum Gasteiger partial charge on any atom is 0.255 e. The zero-order chi connectivity index (χ0) is 20.5. The van der Waals surface area contributed by atoms with Gasteiger partial charge >= 0.3 is 0 Å². The van der Waals surface area contributed by atoms with Gasteiger partial charge in [0.05, 0.1) is 6.04 Å². The molecule has 0 aliphatic carbocycles. The number of halogens is 1. The van der Waals surface area contributed by atoms with Crippen molar-refractivity contribution < 1.29 is 14.0 Å². The Kier molecular flexibility index (Phi) is 4.89. The first-order chi connectivity index (χ1) is 13.9. The lowest BCUT2D eigenvalue weighted by atomic mass is 9.94. The first-order valence-corrected chi connectivity index (χ1v) is 9.46. The third-order valence-electron chi connectivity index (χ3n) is 5.11. The standard InChI is InChI=1S/C24H21FN2O2/c1-15-4-3-5-18(12-15)24(29)27-14-22(28)26-21-11-6-16(2)13-20(21)23(27)17-7-9-19(25)10-8-17/h3-13,23H,14H2,1-2H3,(H,26,28)/t23-/m1/s1. The van der Waals surface area contributed by atoms with E-state index < -0.39 is 6.04 Å². The van der Waals surface area contributed by atoms with E-state index in [2.05, 4.69) is 5.32 Å². The molecule has 3 aromatic rings. The molecule has 0 fully saturated rings. The highest BCUT2D eigenvalue weighted by Crippen LogP contribution is 2.37. The van der Waals surface area contributed by atoms with Crippen LogP contribution in [0.1, 0.15) is 38.7 Å². The first kappa shape index (κ1) is 18.9. The molecule has 146 valence electrons. The lowest BCUT2D eigenvalue weighted by molar-refractivity contribution is -0.117. The zero-order valence-corrected chi connectivity index (χ0v) is 16.3. The number of carbonyl (C=O) groups is 2. The Morgan fingerprint density at radius 1 is 1.00 bits per heavy atom. The quantitative estimate of drug-likeness (QED) is 0.696. The van der Waals surface area contributed by atoms with Gasteiger partial charge in [-0.05, 0) is 49.7 Å². The molecule has 3 aromatic carbocycles. The Balaban J connectivity index is 1.90. The van der Waals surface area contributed by atoms with Gasteiger partial charge in [-0.3, -0.25) is 9.59 Å². The maximum absolute atomic E-state index is 13.6. The van der Waals surface area contributed by atoms with Gasteiger partial charge in [0.25, 0.3) is 5.91 Å². The summed E-state index contributed by atoms with van der Waals surface area (Å²) >= 11 is 0. The minimum Gasteiger partial charge on any atom is -0.324 e. The van der Waals surface area contributed by atoms with Crippen LogP contribution in [0.25, 0.3) is 0 Å². The summed E-state index contributed by atoms with van der Waals surface area (Å²) in [6.07, 6.45) is 0. The van der Waals surface area contributed by atoms with Crippen LogP contribution >= 0.6 is 0 Å². The fourth-order valence-electron chi connectivity index (χ4n) is 3.76. The van der Waals surface area contributed by atoms with Crippen LogP contribution in [-0.2, 0) is 4.79 Å². The molecule has 29 heavy (non-hydrogen) atoms. The van der Waals surface area contributed by atoms with Gasteiger partial charge in [0.1, 0.15) is 12.4 Å². The minimum absolute atomic E-state index is 0.0947. The Morgan fingerprint density at radius 2 is 1.72 bits per heavy atom. The minimum atomic E-state index is -0.516. The average Bonchev–Trinajstić information content (AvgIpc) is 2.84. The van der Waals surface area contributed by atoms with E-state index in [1.54, 1.807) is 23.1 Å². The molecular formula is C24H21FN2O2. The van der Waals surface area contributed by atoms with E-state index in [4.69, 9.17) is 0 Å². The largest absolute Gasteiger partial charge is 0.324 e. The number of carbonyl (C=O) groups excluding carboxylic acids is 2. The van der Waals surface area contributed by atoms with Crippen molar-refractivity contribution in [1.82, 2.24) is 4.90 Å². The Hall–Kier alpha value is -3.47. The predicted molar refractivity (Wildman–Crippen MR) is 110 cm³/mol. The second-order valence-electron chi connectivity index (χ2n) is 7.40. The molecule has 0 unspecified atom stereocenters. The molecule has 1 aliphatic heterocycles. The zero-order valence-electron chi connectivity index (χ0n) is 16.3. The number of nitrogens with one attached hydrogen (secondary N) is 1. The van der Waals surface area contributed by atoms with Gasteiger partial charge in [-0.2, -0.15) is 0 Å². The number of aryl methyl sites for hydroxylation is 2. The molecule has 0 saturated heterocycles. The third kappa shape index (κ3) is 3.76.